The number of rotatable bonds is 3. The molecule has 0 spiro atoms. The van der Waals surface area contributed by atoms with E-state index in [4.69, 9.17) is 0 Å². The van der Waals surface area contributed by atoms with E-state index in [1.807, 2.05) is 6.92 Å². The molecule has 1 aromatic rings. The fourth-order valence-electron chi connectivity index (χ4n) is 2.39. The Morgan fingerprint density at radius 2 is 1.93 bits per heavy atom. The van der Waals surface area contributed by atoms with Gasteiger partial charge in [0.1, 0.15) is 0 Å². The first-order chi connectivity index (χ1) is 7.16. The summed E-state index contributed by atoms with van der Waals surface area (Å²) in [4.78, 5) is 0. The molecule has 0 radical (unpaired) electrons. The molecule has 80 valence electrons. The third kappa shape index (κ3) is 2.29. The largest absolute Gasteiger partial charge is 0.392 e. The predicted molar refractivity (Wildman–Crippen MR) is 62.8 cm³/mol. The summed E-state index contributed by atoms with van der Waals surface area (Å²) in [6.45, 7) is 5.83. The minimum atomic E-state index is -0.227. The molecule has 0 saturated heterocycles. The lowest BCUT2D eigenvalue weighted by molar-refractivity contribution is 0.113. The molecule has 0 fully saturated rings. The molecule has 0 aromatic heterocycles. The molecule has 1 aromatic carbocycles. The van der Waals surface area contributed by atoms with Crippen LogP contribution in [0.1, 0.15) is 24.5 Å². The number of benzene rings is 1. The molecule has 15 heavy (non-hydrogen) atoms. The second-order valence-electron chi connectivity index (χ2n) is 4.67. The molecule has 1 atom stereocenters. The SMILES string of the molecule is C=C(C)CC(O)C1Cc2ccccc2C1. The Hall–Kier alpha value is -1.08. The summed E-state index contributed by atoms with van der Waals surface area (Å²) >= 11 is 0. The van der Waals surface area contributed by atoms with Crippen LogP contribution in [0.3, 0.4) is 0 Å². The third-order valence-corrected chi connectivity index (χ3v) is 3.18. The van der Waals surface area contributed by atoms with Gasteiger partial charge in [0, 0.05) is 0 Å². The van der Waals surface area contributed by atoms with Crippen molar-refractivity contribution in [1.29, 1.82) is 0 Å². The number of hydrogen-bond acceptors (Lipinski definition) is 1. The van der Waals surface area contributed by atoms with Crippen molar-refractivity contribution in [3.8, 4) is 0 Å². The summed E-state index contributed by atoms with van der Waals surface area (Å²) in [5.41, 5.74) is 3.88. The van der Waals surface area contributed by atoms with Crippen molar-refractivity contribution in [2.24, 2.45) is 5.92 Å². The van der Waals surface area contributed by atoms with Gasteiger partial charge in [-0.2, -0.15) is 0 Å². The molecule has 1 aliphatic rings. The van der Waals surface area contributed by atoms with E-state index in [0.717, 1.165) is 24.8 Å². The van der Waals surface area contributed by atoms with Crippen LogP contribution in [-0.2, 0) is 12.8 Å². The van der Waals surface area contributed by atoms with Gasteiger partial charge in [-0.15, -0.1) is 6.58 Å². The van der Waals surface area contributed by atoms with E-state index >= 15 is 0 Å². The van der Waals surface area contributed by atoms with Gasteiger partial charge in [-0.3, -0.25) is 0 Å². The van der Waals surface area contributed by atoms with Crippen LogP contribution in [0.25, 0.3) is 0 Å². The molecule has 1 heteroatoms. The summed E-state index contributed by atoms with van der Waals surface area (Å²) < 4.78 is 0. The Labute approximate surface area is 91.4 Å². The van der Waals surface area contributed by atoms with Crippen molar-refractivity contribution >= 4 is 0 Å². The van der Waals surface area contributed by atoms with E-state index in [9.17, 15) is 5.11 Å². The number of fused-ring (bicyclic) bond motifs is 1. The van der Waals surface area contributed by atoms with Gasteiger partial charge in [0.05, 0.1) is 6.10 Å². The summed E-state index contributed by atoms with van der Waals surface area (Å²) in [5, 5.41) is 10.0. The molecule has 1 unspecified atom stereocenters. The first-order valence-corrected chi connectivity index (χ1v) is 5.56. The molecule has 1 aliphatic carbocycles. The molecule has 0 amide bonds. The summed E-state index contributed by atoms with van der Waals surface area (Å²) in [6.07, 6.45) is 2.54. The van der Waals surface area contributed by atoms with Crippen molar-refractivity contribution in [2.45, 2.75) is 32.3 Å². The van der Waals surface area contributed by atoms with E-state index < -0.39 is 0 Å². The summed E-state index contributed by atoms with van der Waals surface area (Å²) in [5.74, 6) is 0.388. The molecule has 1 nitrogen and oxygen atoms in total. The lowest BCUT2D eigenvalue weighted by Gasteiger charge is -2.17. The third-order valence-electron chi connectivity index (χ3n) is 3.18. The summed E-state index contributed by atoms with van der Waals surface area (Å²) in [7, 11) is 0. The molecular formula is C14H18O. The maximum atomic E-state index is 10.0. The van der Waals surface area contributed by atoms with Gasteiger partial charge in [0.2, 0.25) is 0 Å². The van der Waals surface area contributed by atoms with Gasteiger partial charge in [-0.05, 0) is 43.2 Å². The minimum Gasteiger partial charge on any atom is -0.392 e. The van der Waals surface area contributed by atoms with Crippen LogP contribution in [-0.4, -0.2) is 11.2 Å². The minimum absolute atomic E-state index is 0.227. The van der Waals surface area contributed by atoms with Crippen LogP contribution < -0.4 is 0 Å². The van der Waals surface area contributed by atoms with Crippen molar-refractivity contribution in [3.63, 3.8) is 0 Å². The Morgan fingerprint density at radius 1 is 1.40 bits per heavy atom. The fourth-order valence-corrected chi connectivity index (χ4v) is 2.39. The molecule has 0 saturated carbocycles. The van der Waals surface area contributed by atoms with Gasteiger partial charge in [0.25, 0.3) is 0 Å². The monoisotopic (exact) mass is 202 g/mol. The average molecular weight is 202 g/mol. The molecule has 2 rings (SSSR count). The second-order valence-corrected chi connectivity index (χ2v) is 4.67. The number of aliphatic hydroxyl groups is 1. The average Bonchev–Trinajstić information content (AvgIpc) is 2.59. The van der Waals surface area contributed by atoms with E-state index in [1.165, 1.54) is 11.1 Å². The van der Waals surface area contributed by atoms with Crippen molar-refractivity contribution in [3.05, 3.63) is 47.5 Å². The Morgan fingerprint density at radius 3 is 2.40 bits per heavy atom. The van der Waals surface area contributed by atoms with Gasteiger partial charge in [-0.1, -0.05) is 29.8 Å². The van der Waals surface area contributed by atoms with Crippen LogP contribution in [0.2, 0.25) is 0 Å². The smallest absolute Gasteiger partial charge is 0.0611 e. The maximum Gasteiger partial charge on any atom is 0.0611 e. The lowest BCUT2D eigenvalue weighted by atomic mass is 9.94. The second kappa shape index (κ2) is 4.19. The van der Waals surface area contributed by atoms with Crippen molar-refractivity contribution < 1.29 is 5.11 Å². The van der Waals surface area contributed by atoms with Gasteiger partial charge in [-0.25, -0.2) is 0 Å². The fraction of sp³-hybridized carbons (Fsp3) is 0.429. The zero-order chi connectivity index (χ0) is 10.8. The van der Waals surface area contributed by atoms with Gasteiger partial charge >= 0.3 is 0 Å². The number of aliphatic hydroxyl groups excluding tert-OH is 1. The molecule has 0 heterocycles. The van der Waals surface area contributed by atoms with Crippen LogP contribution in [0.15, 0.2) is 36.4 Å². The van der Waals surface area contributed by atoms with Crippen molar-refractivity contribution in [2.75, 3.05) is 0 Å². The maximum absolute atomic E-state index is 10.0. The van der Waals surface area contributed by atoms with E-state index in [-0.39, 0.29) is 6.10 Å². The van der Waals surface area contributed by atoms with Crippen LogP contribution in [0, 0.1) is 5.92 Å². The quantitative estimate of drug-likeness (QED) is 0.747. The normalized spacial score (nSPS) is 17.5. The Bertz CT molecular complexity index is 342. The zero-order valence-corrected chi connectivity index (χ0v) is 9.24. The topological polar surface area (TPSA) is 20.2 Å². The molecule has 1 N–H and O–H groups in total. The highest BCUT2D eigenvalue weighted by Gasteiger charge is 2.26. The van der Waals surface area contributed by atoms with E-state index in [1.54, 1.807) is 0 Å². The van der Waals surface area contributed by atoms with Crippen LogP contribution in [0.4, 0.5) is 0 Å². The molecule has 0 bridgehead atoms. The number of hydrogen-bond donors (Lipinski definition) is 1. The highest BCUT2D eigenvalue weighted by atomic mass is 16.3. The van der Waals surface area contributed by atoms with Crippen LogP contribution in [0.5, 0.6) is 0 Å². The Kier molecular flexibility index (Phi) is 2.92. The summed E-state index contributed by atoms with van der Waals surface area (Å²) in [6, 6.07) is 8.49. The first kappa shape index (κ1) is 10.4. The molecular weight excluding hydrogens is 184 g/mol. The highest BCUT2D eigenvalue weighted by molar-refractivity contribution is 5.32. The Balaban J connectivity index is 2.03. The zero-order valence-electron chi connectivity index (χ0n) is 9.24. The van der Waals surface area contributed by atoms with Gasteiger partial charge < -0.3 is 5.11 Å². The van der Waals surface area contributed by atoms with E-state index in [2.05, 4.69) is 30.8 Å². The predicted octanol–water partition coefficient (Wildman–Crippen LogP) is 2.73. The van der Waals surface area contributed by atoms with Crippen LogP contribution >= 0.6 is 0 Å². The highest BCUT2D eigenvalue weighted by Crippen LogP contribution is 2.30. The lowest BCUT2D eigenvalue weighted by Crippen LogP contribution is -2.20. The molecule has 0 aliphatic heterocycles. The van der Waals surface area contributed by atoms with E-state index in [0.29, 0.717) is 5.92 Å². The van der Waals surface area contributed by atoms with Crippen molar-refractivity contribution in [1.82, 2.24) is 0 Å². The first-order valence-electron chi connectivity index (χ1n) is 5.56. The van der Waals surface area contributed by atoms with Gasteiger partial charge in [0.15, 0.2) is 0 Å². The standard InChI is InChI=1S/C14H18O/c1-10(2)7-14(15)13-8-11-5-3-4-6-12(11)9-13/h3-6,13-15H,1,7-9H2,2H3.